The second-order valence-corrected chi connectivity index (χ2v) is 9.29. The molecule has 1 fully saturated rings. The Balaban J connectivity index is 2.48. The zero-order chi connectivity index (χ0) is 10.8. The first kappa shape index (κ1) is 11.4. The minimum Gasteiger partial charge on any atom is -0.520 e. The van der Waals surface area contributed by atoms with Crippen LogP contribution in [0.3, 0.4) is 0 Å². The summed E-state index contributed by atoms with van der Waals surface area (Å²) in [6, 6.07) is 0. The Bertz CT molecular complexity index is 242. The maximum absolute atomic E-state index is 11.6. The van der Waals surface area contributed by atoms with Gasteiger partial charge in [-0.2, -0.15) is 0 Å². The summed E-state index contributed by atoms with van der Waals surface area (Å²) >= 11 is 0. The Morgan fingerprint density at radius 1 is 1.43 bits per heavy atom. The highest BCUT2D eigenvalue weighted by atomic mass is 28.4. The van der Waals surface area contributed by atoms with E-state index in [4.69, 9.17) is 4.43 Å². The van der Waals surface area contributed by atoms with Crippen LogP contribution in [0.15, 0.2) is 0 Å². The van der Waals surface area contributed by atoms with E-state index in [2.05, 4.69) is 0 Å². The molecule has 0 N–H and O–H groups in total. The van der Waals surface area contributed by atoms with Gasteiger partial charge in [0.15, 0.2) is 0 Å². The fraction of sp³-hybridized carbons (Fsp3) is 0.800. The third-order valence-corrected chi connectivity index (χ3v) is 3.04. The van der Waals surface area contributed by atoms with Gasteiger partial charge in [0.1, 0.15) is 5.78 Å². The highest BCUT2D eigenvalue weighted by Gasteiger charge is 2.30. The lowest BCUT2D eigenvalue weighted by atomic mass is 9.89. The van der Waals surface area contributed by atoms with Crippen molar-refractivity contribution in [1.82, 2.24) is 0 Å². The first-order valence-electron chi connectivity index (χ1n) is 5.13. The zero-order valence-corrected chi connectivity index (χ0v) is 10.1. The van der Waals surface area contributed by atoms with Crippen molar-refractivity contribution >= 4 is 20.1 Å². The molecular formula is C10H18O3Si. The molecule has 0 radical (unpaired) electrons. The van der Waals surface area contributed by atoms with E-state index in [-0.39, 0.29) is 17.7 Å². The smallest absolute Gasteiger partial charge is 0.296 e. The number of ketones is 1. The van der Waals surface area contributed by atoms with Crippen LogP contribution in [-0.4, -0.2) is 20.1 Å². The van der Waals surface area contributed by atoms with Crippen molar-refractivity contribution in [1.29, 1.82) is 0 Å². The summed E-state index contributed by atoms with van der Waals surface area (Å²) in [7, 11) is -1.79. The number of hydrogen-bond donors (Lipinski definition) is 0. The molecule has 80 valence electrons. The van der Waals surface area contributed by atoms with Crippen LogP contribution in [0.4, 0.5) is 0 Å². The van der Waals surface area contributed by atoms with Gasteiger partial charge in [0.05, 0.1) is 5.92 Å². The van der Waals surface area contributed by atoms with E-state index in [0.29, 0.717) is 12.8 Å². The van der Waals surface area contributed by atoms with Gasteiger partial charge in [-0.3, -0.25) is 9.59 Å². The van der Waals surface area contributed by atoms with E-state index in [9.17, 15) is 9.59 Å². The molecule has 0 amide bonds. The zero-order valence-electron chi connectivity index (χ0n) is 9.13. The third-order valence-electron chi connectivity index (χ3n) is 2.22. The van der Waals surface area contributed by atoms with Crippen LogP contribution in [-0.2, 0) is 14.0 Å². The minimum atomic E-state index is -1.79. The third kappa shape index (κ3) is 3.62. The maximum Gasteiger partial charge on any atom is 0.296 e. The Morgan fingerprint density at radius 3 is 2.57 bits per heavy atom. The number of Topliss-reactive ketones (excluding diaryl/α,β-unsaturated/α-hetero) is 1. The van der Waals surface area contributed by atoms with Gasteiger partial charge in [-0.05, 0) is 32.5 Å². The van der Waals surface area contributed by atoms with E-state index in [1.165, 1.54) is 0 Å². The molecule has 1 rings (SSSR count). The second kappa shape index (κ2) is 4.25. The quantitative estimate of drug-likeness (QED) is 0.661. The molecule has 1 saturated carbocycles. The summed E-state index contributed by atoms with van der Waals surface area (Å²) in [5.41, 5.74) is 0. The fourth-order valence-electron chi connectivity index (χ4n) is 1.61. The van der Waals surface area contributed by atoms with Gasteiger partial charge >= 0.3 is 0 Å². The summed E-state index contributed by atoms with van der Waals surface area (Å²) in [5.74, 6) is -0.117. The second-order valence-electron chi connectivity index (χ2n) is 4.87. The lowest BCUT2D eigenvalue weighted by Gasteiger charge is -2.24. The van der Waals surface area contributed by atoms with Gasteiger partial charge in [0, 0.05) is 12.8 Å². The molecule has 0 bridgehead atoms. The largest absolute Gasteiger partial charge is 0.520 e. The normalized spacial score (nSPS) is 23.4. The Morgan fingerprint density at radius 2 is 2.07 bits per heavy atom. The van der Waals surface area contributed by atoms with Gasteiger partial charge in [-0.25, -0.2) is 0 Å². The van der Waals surface area contributed by atoms with E-state index in [1.807, 2.05) is 19.6 Å². The summed E-state index contributed by atoms with van der Waals surface area (Å²) in [5, 5.41) is 0. The molecule has 0 spiro atoms. The van der Waals surface area contributed by atoms with Gasteiger partial charge in [-0.15, -0.1) is 0 Å². The molecule has 1 aliphatic carbocycles. The van der Waals surface area contributed by atoms with Crippen molar-refractivity contribution in [2.45, 2.75) is 45.3 Å². The molecule has 0 heterocycles. The Hall–Kier alpha value is -0.643. The average molecular weight is 214 g/mol. The lowest BCUT2D eigenvalue weighted by molar-refractivity contribution is -0.143. The molecule has 0 aromatic carbocycles. The molecule has 0 saturated heterocycles. The molecule has 14 heavy (non-hydrogen) atoms. The van der Waals surface area contributed by atoms with Crippen LogP contribution in [0.25, 0.3) is 0 Å². The molecular weight excluding hydrogens is 196 g/mol. The highest BCUT2D eigenvalue weighted by molar-refractivity contribution is 6.71. The van der Waals surface area contributed by atoms with E-state index in [0.717, 1.165) is 12.8 Å². The number of hydrogen-bond acceptors (Lipinski definition) is 3. The summed E-state index contributed by atoms with van der Waals surface area (Å²) in [6.07, 6.45) is 2.68. The summed E-state index contributed by atoms with van der Waals surface area (Å²) in [4.78, 5) is 22.8. The average Bonchev–Trinajstić information content (AvgIpc) is 2.01. The van der Waals surface area contributed by atoms with Crippen LogP contribution in [0, 0.1) is 5.92 Å². The Kier molecular flexibility index (Phi) is 3.47. The first-order valence-corrected chi connectivity index (χ1v) is 8.54. The molecule has 1 aliphatic rings. The van der Waals surface area contributed by atoms with Gasteiger partial charge in [0.25, 0.3) is 5.97 Å². The van der Waals surface area contributed by atoms with Crippen molar-refractivity contribution in [2.75, 3.05) is 0 Å². The molecule has 1 atom stereocenters. The monoisotopic (exact) mass is 214 g/mol. The SMILES string of the molecule is C[Si](C)(C)OC(=O)C1CCCC(=O)C1. The van der Waals surface area contributed by atoms with Crippen LogP contribution in [0.1, 0.15) is 25.7 Å². The van der Waals surface area contributed by atoms with Gasteiger partial charge in [0.2, 0.25) is 8.32 Å². The van der Waals surface area contributed by atoms with E-state index >= 15 is 0 Å². The number of carbonyl (C=O) groups is 2. The van der Waals surface area contributed by atoms with E-state index in [1.54, 1.807) is 0 Å². The molecule has 3 nitrogen and oxygen atoms in total. The van der Waals surface area contributed by atoms with Crippen molar-refractivity contribution < 1.29 is 14.0 Å². The lowest BCUT2D eigenvalue weighted by Crippen LogP contribution is -2.34. The summed E-state index contributed by atoms with van der Waals surface area (Å²) in [6.45, 7) is 5.95. The minimum absolute atomic E-state index is 0.155. The predicted octanol–water partition coefficient (Wildman–Crippen LogP) is 2.12. The van der Waals surface area contributed by atoms with Crippen molar-refractivity contribution in [3.05, 3.63) is 0 Å². The molecule has 0 aliphatic heterocycles. The van der Waals surface area contributed by atoms with Crippen LogP contribution >= 0.6 is 0 Å². The predicted molar refractivity (Wildman–Crippen MR) is 56.4 cm³/mol. The van der Waals surface area contributed by atoms with Crippen molar-refractivity contribution in [3.8, 4) is 0 Å². The van der Waals surface area contributed by atoms with E-state index < -0.39 is 8.32 Å². The maximum atomic E-state index is 11.6. The van der Waals surface area contributed by atoms with Crippen LogP contribution in [0.2, 0.25) is 19.6 Å². The molecule has 0 aromatic rings. The highest BCUT2D eigenvalue weighted by Crippen LogP contribution is 2.23. The standard InChI is InChI=1S/C10H18O3Si/c1-14(2,3)13-10(12)8-5-4-6-9(11)7-8/h8H,4-7H2,1-3H3. The number of rotatable bonds is 2. The molecule has 0 aromatic heterocycles. The van der Waals surface area contributed by atoms with Crippen molar-refractivity contribution in [3.63, 3.8) is 0 Å². The van der Waals surface area contributed by atoms with Crippen LogP contribution in [0.5, 0.6) is 0 Å². The molecule has 4 heteroatoms. The van der Waals surface area contributed by atoms with Gasteiger partial charge in [-0.1, -0.05) is 0 Å². The summed E-state index contributed by atoms with van der Waals surface area (Å²) < 4.78 is 5.37. The Labute approximate surface area is 86.0 Å². The number of carbonyl (C=O) groups excluding carboxylic acids is 2. The van der Waals surface area contributed by atoms with Gasteiger partial charge < -0.3 is 4.43 Å². The first-order chi connectivity index (χ1) is 6.38. The van der Waals surface area contributed by atoms with Crippen LogP contribution < -0.4 is 0 Å². The topological polar surface area (TPSA) is 43.4 Å². The fourth-order valence-corrected chi connectivity index (χ4v) is 2.38. The van der Waals surface area contributed by atoms with Crippen molar-refractivity contribution in [2.24, 2.45) is 5.92 Å². The molecule has 1 unspecified atom stereocenters.